The average Bonchev–Trinajstić information content (AvgIpc) is 3.26. The summed E-state index contributed by atoms with van der Waals surface area (Å²) in [6, 6.07) is 21.7. The van der Waals surface area contributed by atoms with Crippen LogP contribution in [0, 0.1) is 5.92 Å². The molecule has 2 aromatic carbocycles. The Balaban J connectivity index is 1.40. The smallest absolute Gasteiger partial charge is 0.116 e. The first-order chi connectivity index (χ1) is 12.4. The van der Waals surface area contributed by atoms with Gasteiger partial charge in [0.15, 0.2) is 0 Å². The van der Waals surface area contributed by atoms with Gasteiger partial charge in [-0.15, -0.1) is 5.10 Å². The van der Waals surface area contributed by atoms with Crippen molar-refractivity contribution in [2.75, 3.05) is 13.1 Å². The number of aromatic nitrogens is 3. The molecule has 3 heterocycles. The molecular formula is C21H22N4. The summed E-state index contributed by atoms with van der Waals surface area (Å²) >= 11 is 0. The molecule has 0 amide bonds. The first-order valence-corrected chi connectivity index (χ1v) is 9.14. The third-order valence-corrected chi connectivity index (χ3v) is 5.64. The molecule has 0 saturated carbocycles. The molecule has 4 heteroatoms. The minimum atomic E-state index is 0.470. The van der Waals surface area contributed by atoms with Crippen LogP contribution in [0.2, 0.25) is 0 Å². The van der Waals surface area contributed by atoms with Crippen LogP contribution in [0.5, 0.6) is 0 Å². The van der Waals surface area contributed by atoms with Crippen LogP contribution < -0.4 is 0 Å². The molecule has 25 heavy (non-hydrogen) atoms. The van der Waals surface area contributed by atoms with Crippen LogP contribution in [0.25, 0.3) is 11.3 Å². The largest absolute Gasteiger partial charge is 0.297 e. The summed E-state index contributed by atoms with van der Waals surface area (Å²) in [7, 11) is 0. The predicted molar refractivity (Wildman–Crippen MR) is 98.0 cm³/mol. The van der Waals surface area contributed by atoms with E-state index in [4.69, 9.17) is 0 Å². The van der Waals surface area contributed by atoms with Crippen LogP contribution in [-0.4, -0.2) is 33.0 Å². The maximum atomic E-state index is 4.56. The van der Waals surface area contributed by atoms with Crippen molar-refractivity contribution in [2.45, 2.75) is 25.4 Å². The van der Waals surface area contributed by atoms with Crippen molar-refractivity contribution in [3.8, 4) is 11.3 Å². The molecule has 2 atom stereocenters. The average molecular weight is 330 g/mol. The number of likely N-dealkylation sites (tertiary alicyclic amines) is 1. The molecule has 0 unspecified atom stereocenters. The summed E-state index contributed by atoms with van der Waals surface area (Å²) < 4.78 is 2.22. The van der Waals surface area contributed by atoms with Gasteiger partial charge in [0, 0.05) is 25.2 Å². The highest BCUT2D eigenvalue weighted by molar-refractivity contribution is 5.61. The van der Waals surface area contributed by atoms with Crippen LogP contribution >= 0.6 is 0 Å². The van der Waals surface area contributed by atoms with Gasteiger partial charge in [-0.1, -0.05) is 65.9 Å². The second-order valence-corrected chi connectivity index (χ2v) is 7.24. The van der Waals surface area contributed by atoms with Gasteiger partial charge in [0.25, 0.3) is 0 Å². The lowest BCUT2D eigenvalue weighted by Gasteiger charge is -2.25. The van der Waals surface area contributed by atoms with Crippen LogP contribution in [-0.2, 0) is 13.0 Å². The monoisotopic (exact) mass is 330 g/mol. The van der Waals surface area contributed by atoms with Crippen molar-refractivity contribution in [3.63, 3.8) is 0 Å². The van der Waals surface area contributed by atoms with Gasteiger partial charge in [-0.3, -0.25) is 4.90 Å². The highest BCUT2D eigenvalue weighted by Crippen LogP contribution is 2.38. The van der Waals surface area contributed by atoms with Gasteiger partial charge in [-0.05, 0) is 24.3 Å². The molecule has 0 radical (unpaired) electrons. The first-order valence-electron chi connectivity index (χ1n) is 9.14. The zero-order valence-corrected chi connectivity index (χ0v) is 14.3. The van der Waals surface area contributed by atoms with E-state index in [-0.39, 0.29) is 0 Å². The zero-order valence-electron chi connectivity index (χ0n) is 14.3. The van der Waals surface area contributed by atoms with Gasteiger partial charge in [0.1, 0.15) is 5.69 Å². The van der Waals surface area contributed by atoms with E-state index in [0.717, 1.165) is 25.2 Å². The van der Waals surface area contributed by atoms with Crippen LogP contribution in [0.4, 0.5) is 0 Å². The summed E-state index contributed by atoms with van der Waals surface area (Å²) in [6.45, 7) is 3.27. The SMILES string of the molecule is c1ccc(CN2C[C@@H]3CCc4c(-c5ccccc5)nnn4[C@H]3C2)cc1. The molecule has 0 N–H and O–H groups in total. The van der Waals surface area contributed by atoms with Crippen molar-refractivity contribution in [3.05, 3.63) is 71.9 Å². The molecule has 5 rings (SSSR count). The number of benzene rings is 2. The normalized spacial score (nSPS) is 22.6. The van der Waals surface area contributed by atoms with Gasteiger partial charge < -0.3 is 0 Å². The van der Waals surface area contributed by atoms with Gasteiger partial charge in [0.2, 0.25) is 0 Å². The minimum absolute atomic E-state index is 0.470. The third-order valence-electron chi connectivity index (χ3n) is 5.64. The lowest BCUT2D eigenvalue weighted by molar-refractivity contribution is 0.306. The van der Waals surface area contributed by atoms with Gasteiger partial charge >= 0.3 is 0 Å². The Morgan fingerprint density at radius 1 is 0.920 bits per heavy atom. The summed E-state index contributed by atoms with van der Waals surface area (Å²) in [5.41, 5.74) is 4.96. The number of hydrogen-bond acceptors (Lipinski definition) is 3. The molecule has 2 aliphatic rings. The Morgan fingerprint density at radius 3 is 2.48 bits per heavy atom. The fraction of sp³-hybridized carbons (Fsp3) is 0.333. The highest BCUT2D eigenvalue weighted by atomic mass is 15.5. The van der Waals surface area contributed by atoms with Crippen molar-refractivity contribution >= 4 is 0 Å². The van der Waals surface area contributed by atoms with E-state index in [1.165, 1.54) is 29.8 Å². The Labute approximate surface area is 148 Å². The minimum Gasteiger partial charge on any atom is -0.297 e. The number of rotatable bonds is 3. The Morgan fingerprint density at radius 2 is 1.68 bits per heavy atom. The Bertz CT molecular complexity index is 856. The van der Waals surface area contributed by atoms with E-state index < -0.39 is 0 Å². The number of nitrogens with zero attached hydrogens (tertiary/aromatic N) is 4. The van der Waals surface area contributed by atoms with Crippen LogP contribution in [0.1, 0.15) is 23.7 Å². The molecule has 4 nitrogen and oxygen atoms in total. The van der Waals surface area contributed by atoms with Gasteiger partial charge in [-0.25, -0.2) is 4.68 Å². The molecule has 0 bridgehead atoms. The topological polar surface area (TPSA) is 34.0 Å². The Hall–Kier alpha value is -2.46. The maximum absolute atomic E-state index is 4.56. The molecule has 1 saturated heterocycles. The number of fused-ring (bicyclic) bond motifs is 3. The molecule has 3 aromatic rings. The van der Waals surface area contributed by atoms with Crippen molar-refractivity contribution < 1.29 is 0 Å². The zero-order chi connectivity index (χ0) is 16.6. The molecule has 0 spiro atoms. The van der Waals surface area contributed by atoms with E-state index in [9.17, 15) is 0 Å². The standard InChI is InChI=1S/C21H22N4/c1-3-7-16(8-4-1)13-24-14-18-11-12-19-21(17-9-5-2-6-10-17)22-23-25(19)20(18)15-24/h1-10,18,20H,11-15H2/t18-,20-/m0/s1. The summed E-state index contributed by atoms with van der Waals surface area (Å²) in [4.78, 5) is 2.57. The second kappa shape index (κ2) is 6.12. The lowest BCUT2D eigenvalue weighted by Crippen LogP contribution is -2.26. The van der Waals surface area contributed by atoms with E-state index in [0.29, 0.717) is 12.0 Å². The Kier molecular flexibility index (Phi) is 3.63. The third kappa shape index (κ3) is 2.67. The predicted octanol–water partition coefficient (Wildman–Crippen LogP) is 3.56. The van der Waals surface area contributed by atoms with E-state index in [1.54, 1.807) is 0 Å². The van der Waals surface area contributed by atoms with Crippen molar-refractivity contribution in [1.29, 1.82) is 0 Å². The molecular weight excluding hydrogens is 308 g/mol. The molecule has 0 aliphatic carbocycles. The summed E-state index contributed by atoms with van der Waals surface area (Å²) in [6.07, 6.45) is 2.32. The summed E-state index contributed by atoms with van der Waals surface area (Å²) in [5, 5.41) is 9.09. The van der Waals surface area contributed by atoms with Gasteiger partial charge in [-0.2, -0.15) is 0 Å². The van der Waals surface area contributed by atoms with E-state index >= 15 is 0 Å². The van der Waals surface area contributed by atoms with Crippen molar-refractivity contribution in [2.24, 2.45) is 5.92 Å². The fourth-order valence-corrected chi connectivity index (χ4v) is 4.43. The highest BCUT2D eigenvalue weighted by Gasteiger charge is 2.39. The van der Waals surface area contributed by atoms with Crippen LogP contribution in [0.3, 0.4) is 0 Å². The molecule has 1 aromatic heterocycles. The van der Waals surface area contributed by atoms with Crippen molar-refractivity contribution in [1.82, 2.24) is 19.9 Å². The second-order valence-electron chi connectivity index (χ2n) is 7.24. The maximum Gasteiger partial charge on any atom is 0.116 e. The fourth-order valence-electron chi connectivity index (χ4n) is 4.43. The summed E-state index contributed by atoms with van der Waals surface area (Å²) in [5.74, 6) is 0.696. The van der Waals surface area contributed by atoms with Crippen LogP contribution in [0.15, 0.2) is 60.7 Å². The van der Waals surface area contributed by atoms with Gasteiger partial charge in [0.05, 0.1) is 11.7 Å². The van der Waals surface area contributed by atoms with E-state index in [1.807, 2.05) is 6.07 Å². The molecule has 1 fully saturated rings. The first kappa shape index (κ1) is 14.8. The molecule has 2 aliphatic heterocycles. The molecule has 126 valence electrons. The number of hydrogen-bond donors (Lipinski definition) is 0. The lowest BCUT2D eigenvalue weighted by atomic mass is 9.91. The van der Waals surface area contributed by atoms with E-state index in [2.05, 4.69) is 74.5 Å². The quantitative estimate of drug-likeness (QED) is 0.736.